The summed E-state index contributed by atoms with van der Waals surface area (Å²) < 4.78 is 27.1. The smallest absolute Gasteiger partial charge is 0.243 e. The lowest BCUT2D eigenvalue weighted by atomic mass is 10.2. The van der Waals surface area contributed by atoms with Crippen LogP contribution in [-0.2, 0) is 10.0 Å². The van der Waals surface area contributed by atoms with Gasteiger partial charge >= 0.3 is 0 Å². The number of piperazine rings is 1. The van der Waals surface area contributed by atoms with Crippen molar-refractivity contribution in [2.24, 2.45) is 0 Å². The molecule has 0 unspecified atom stereocenters. The fourth-order valence-corrected chi connectivity index (χ4v) is 4.77. The van der Waals surface area contributed by atoms with Gasteiger partial charge in [0, 0.05) is 36.9 Å². The molecule has 1 aliphatic rings. The van der Waals surface area contributed by atoms with E-state index in [1.54, 1.807) is 12.1 Å². The van der Waals surface area contributed by atoms with Crippen molar-refractivity contribution in [3.05, 3.63) is 58.6 Å². The normalized spacial score (nSPS) is 15.6. The number of nitrogens with zero attached hydrogens (tertiary/aromatic N) is 2. The Morgan fingerprint density at radius 3 is 2.26 bits per heavy atom. The molecule has 0 aliphatic carbocycles. The third kappa shape index (κ3) is 4.60. The van der Waals surface area contributed by atoms with Gasteiger partial charge in [0.15, 0.2) is 5.11 Å². The molecule has 8 heteroatoms. The lowest BCUT2D eigenvalue weighted by molar-refractivity contribution is 0.268. The second-order valence-electron chi connectivity index (χ2n) is 6.60. The van der Waals surface area contributed by atoms with Gasteiger partial charge in [-0.2, -0.15) is 4.31 Å². The second-order valence-corrected chi connectivity index (χ2v) is 9.33. The van der Waals surface area contributed by atoms with Gasteiger partial charge in [-0.05, 0) is 55.9 Å². The molecule has 0 radical (unpaired) electrons. The van der Waals surface area contributed by atoms with E-state index in [-0.39, 0.29) is 0 Å². The van der Waals surface area contributed by atoms with Gasteiger partial charge in [0.25, 0.3) is 0 Å². The Morgan fingerprint density at radius 2 is 1.67 bits per heavy atom. The zero-order valence-corrected chi connectivity index (χ0v) is 17.7. The predicted octanol–water partition coefficient (Wildman–Crippen LogP) is 3.66. The van der Waals surface area contributed by atoms with Crippen molar-refractivity contribution in [3.8, 4) is 0 Å². The summed E-state index contributed by atoms with van der Waals surface area (Å²) >= 11 is 11.6. The summed E-state index contributed by atoms with van der Waals surface area (Å²) in [4.78, 5) is 2.31. The highest BCUT2D eigenvalue weighted by Crippen LogP contribution is 2.21. The molecule has 5 nitrogen and oxygen atoms in total. The van der Waals surface area contributed by atoms with Gasteiger partial charge in [0.05, 0.1) is 4.90 Å². The van der Waals surface area contributed by atoms with E-state index in [9.17, 15) is 8.42 Å². The van der Waals surface area contributed by atoms with Gasteiger partial charge in [-0.15, -0.1) is 0 Å². The maximum atomic E-state index is 12.8. The van der Waals surface area contributed by atoms with Crippen molar-refractivity contribution in [2.75, 3.05) is 31.5 Å². The van der Waals surface area contributed by atoms with E-state index in [0.29, 0.717) is 41.2 Å². The quantitative estimate of drug-likeness (QED) is 0.763. The average Bonchev–Trinajstić information content (AvgIpc) is 2.65. The lowest BCUT2D eigenvalue weighted by Gasteiger charge is -2.35. The first-order chi connectivity index (χ1) is 12.8. The maximum Gasteiger partial charge on any atom is 0.243 e. The summed E-state index contributed by atoms with van der Waals surface area (Å²) in [5.74, 6) is 0. The van der Waals surface area contributed by atoms with E-state index in [1.807, 2.05) is 49.1 Å². The minimum atomic E-state index is -3.47. The van der Waals surface area contributed by atoms with Crippen molar-refractivity contribution in [2.45, 2.75) is 18.7 Å². The van der Waals surface area contributed by atoms with E-state index in [4.69, 9.17) is 23.8 Å². The van der Waals surface area contributed by atoms with Crippen LogP contribution < -0.4 is 5.32 Å². The zero-order chi connectivity index (χ0) is 19.6. The summed E-state index contributed by atoms with van der Waals surface area (Å²) in [6.07, 6.45) is 0. The van der Waals surface area contributed by atoms with E-state index in [2.05, 4.69) is 5.32 Å². The van der Waals surface area contributed by atoms with Crippen molar-refractivity contribution in [1.29, 1.82) is 0 Å². The van der Waals surface area contributed by atoms with Crippen LogP contribution in [0.25, 0.3) is 0 Å². The van der Waals surface area contributed by atoms with Crippen molar-refractivity contribution in [3.63, 3.8) is 0 Å². The van der Waals surface area contributed by atoms with E-state index < -0.39 is 10.0 Å². The summed E-state index contributed by atoms with van der Waals surface area (Å²) in [6.45, 7) is 5.74. The Balaban J connectivity index is 1.61. The molecule has 0 bridgehead atoms. The van der Waals surface area contributed by atoms with Crippen molar-refractivity contribution >= 4 is 44.6 Å². The molecular weight excluding hydrogens is 402 g/mol. The van der Waals surface area contributed by atoms with E-state index in [0.717, 1.165) is 16.8 Å². The molecule has 0 aromatic heterocycles. The Morgan fingerprint density at radius 1 is 1.04 bits per heavy atom. The molecule has 27 heavy (non-hydrogen) atoms. The number of halogens is 1. The maximum absolute atomic E-state index is 12.8. The predicted molar refractivity (Wildman–Crippen MR) is 114 cm³/mol. The third-order valence-corrected chi connectivity index (χ3v) is 7.29. The highest BCUT2D eigenvalue weighted by atomic mass is 35.5. The Hall–Kier alpha value is -1.67. The topological polar surface area (TPSA) is 52.7 Å². The summed E-state index contributed by atoms with van der Waals surface area (Å²) in [6, 6.07) is 12.6. The molecule has 144 valence electrons. The molecule has 1 N–H and O–H groups in total. The fourth-order valence-electron chi connectivity index (χ4n) is 2.86. The average molecular weight is 424 g/mol. The Bertz CT molecular complexity index is 938. The number of anilines is 1. The number of nitrogens with one attached hydrogen (secondary N) is 1. The molecule has 0 saturated carbocycles. The van der Waals surface area contributed by atoms with Gasteiger partial charge < -0.3 is 10.2 Å². The van der Waals surface area contributed by atoms with Gasteiger partial charge in [0.1, 0.15) is 0 Å². The molecule has 2 aromatic carbocycles. The van der Waals surface area contributed by atoms with Crippen LogP contribution in [0.3, 0.4) is 0 Å². The van der Waals surface area contributed by atoms with Gasteiger partial charge in [-0.1, -0.05) is 35.4 Å². The van der Waals surface area contributed by atoms with Crippen LogP contribution in [0.5, 0.6) is 0 Å². The Labute approximate surface area is 171 Å². The number of hydrogen-bond acceptors (Lipinski definition) is 3. The van der Waals surface area contributed by atoms with Gasteiger partial charge in [0.2, 0.25) is 10.0 Å². The number of benzene rings is 2. The molecule has 3 rings (SSSR count). The molecular formula is C19H22ClN3O2S2. The minimum Gasteiger partial charge on any atom is -0.346 e. The minimum absolute atomic E-state index is 0.330. The van der Waals surface area contributed by atoms with Crippen LogP contribution in [0.15, 0.2) is 47.4 Å². The first kappa shape index (κ1) is 20.1. The van der Waals surface area contributed by atoms with E-state index in [1.165, 1.54) is 4.31 Å². The van der Waals surface area contributed by atoms with Crippen LogP contribution in [0.2, 0.25) is 5.02 Å². The number of hydrogen-bond donors (Lipinski definition) is 1. The van der Waals surface area contributed by atoms with Gasteiger partial charge in [-0.25, -0.2) is 8.42 Å². The molecule has 1 aliphatic heterocycles. The summed E-state index contributed by atoms with van der Waals surface area (Å²) in [7, 11) is -3.47. The number of sulfonamides is 1. The highest BCUT2D eigenvalue weighted by molar-refractivity contribution is 7.89. The largest absolute Gasteiger partial charge is 0.346 e. The first-order valence-corrected chi connectivity index (χ1v) is 10.9. The molecule has 0 amide bonds. The second kappa shape index (κ2) is 8.14. The monoisotopic (exact) mass is 423 g/mol. The Kier molecular flexibility index (Phi) is 6.05. The lowest BCUT2D eigenvalue weighted by Crippen LogP contribution is -2.51. The van der Waals surface area contributed by atoms with Crippen LogP contribution in [0, 0.1) is 13.8 Å². The number of aryl methyl sites for hydroxylation is 2. The van der Waals surface area contributed by atoms with Crippen LogP contribution in [0.4, 0.5) is 5.69 Å². The molecule has 1 fully saturated rings. The first-order valence-electron chi connectivity index (χ1n) is 8.66. The molecule has 0 spiro atoms. The zero-order valence-electron chi connectivity index (χ0n) is 15.3. The standard InChI is InChI=1S/C19H22ClN3O2S2/c1-14-3-7-17(8-4-14)27(24,25)23-11-9-22(10-12-23)19(26)21-16-6-5-15(2)18(20)13-16/h3-8,13H,9-12H2,1-2H3,(H,21,26). The van der Waals surface area contributed by atoms with Crippen LogP contribution >= 0.6 is 23.8 Å². The van der Waals surface area contributed by atoms with Gasteiger partial charge in [-0.3, -0.25) is 0 Å². The summed E-state index contributed by atoms with van der Waals surface area (Å²) in [5, 5.41) is 4.43. The van der Waals surface area contributed by atoms with Crippen molar-refractivity contribution < 1.29 is 8.42 Å². The third-order valence-electron chi connectivity index (χ3n) is 4.61. The van der Waals surface area contributed by atoms with Crippen LogP contribution in [0.1, 0.15) is 11.1 Å². The summed E-state index contributed by atoms with van der Waals surface area (Å²) in [5.41, 5.74) is 2.86. The van der Waals surface area contributed by atoms with Crippen molar-refractivity contribution in [1.82, 2.24) is 9.21 Å². The molecule has 1 saturated heterocycles. The van der Waals surface area contributed by atoms with E-state index >= 15 is 0 Å². The SMILES string of the molecule is Cc1ccc(S(=O)(=O)N2CCN(C(=S)Nc3ccc(C)c(Cl)c3)CC2)cc1. The number of thiocarbonyl (C=S) groups is 1. The van der Waals surface area contributed by atoms with Crippen LogP contribution in [-0.4, -0.2) is 48.9 Å². The molecule has 0 atom stereocenters. The fraction of sp³-hybridized carbons (Fsp3) is 0.316. The molecule has 1 heterocycles. The number of rotatable bonds is 3. The highest BCUT2D eigenvalue weighted by Gasteiger charge is 2.29. The molecule has 2 aromatic rings.